The largest absolute Gasteiger partial charge is 0.379 e. The number of nitrogens with one attached hydrogen (secondary N) is 2. The molecule has 1 aromatic rings. The maximum atomic E-state index is 5.53. The first kappa shape index (κ1) is 21.5. The van der Waals surface area contributed by atoms with Crippen molar-refractivity contribution in [3.05, 3.63) is 6.07 Å². The monoisotopic (exact) mass is 433 g/mol. The van der Waals surface area contributed by atoms with E-state index in [0.717, 1.165) is 70.7 Å². The molecule has 1 atom stereocenters. The van der Waals surface area contributed by atoms with Gasteiger partial charge in [-0.15, -0.1) is 0 Å². The smallest absolute Gasteiger partial charge is 0.232 e. The zero-order valence-corrected chi connectivity index (χ0v) is 18.9. The van der Waals surface area contributed by atoms with Gasteiger partial charge in [0.1, 0.15) is 11.6 Å². The van der Waals surface area contributed by atoms with Crippen molar-refractivity contribution in [1.29, 1.82) is 0 Å². The molecule has 4 heterocycles. The summed E-state index contributed by atoms with van der Waals surface area (Å²) in [5.41, 5.74) is 0. The van der Waals surface area contributed by atoms with Gasteiger partial charge in [0.25, 0.3) is 0 Å². The van der Waals surface area contributed by atoms with E-state index >= 15 is 0 Å². The van der Waals surface area contributed by atoms with Gasteiger partial charge in [0.15, 0.2) is 5.11 Å². The summed E-state index contributed by atoms with van der Waals surface area (Å²) in [5, 5.41) is 7.13. The SMILES string of the molecule is C[C@H]1CCCCN1c1cc(N2CCCC2)nc(NC(=S)NCCN2CCOCC2)n1. The third kappa shape index (κ3) is 5.70. The molecule has 0 unspecified atom stereocenters. The minimum Gasteiger partial charge on any atom is -0.379 e. The highest BCUT2D eigenvalue weighted by molar-refractivity contribution is 7.80. The summed E-state index contributed by atoms with van der Waals surface area (Å²) in [6.45, 7) is 10.8. The summed E-state index contributed by atoms with van der Waals surface area (Å²) in [7, 11) is 0. The quantitative estimate of drug-likeness (QED) is 0.656. The molecule has 0 amide bonds. The van der Waals surface area contributed by atoms with Crippen LogP contribution in [0.15, 0.2) is 6.07 Å². The molecule has 3 saturated heterocycles. The van der Waals surface area contributed by atoms with Crippen LogP contribution in [-0.4, -0.2) is 85.0 Å². The lowest BCUT2D eigenvalue weighted by molar-refractivity contribution is 0.0389. The van der Waals surface area contributed by atoms with Gasteiger partial charge < -0.3 is 25.2 Å². The van der Waals surface area contributed by atoms with E-state index in [2.05, 4.69) is 38.3 Å². The van der Waals surface area contributed by atoms with Crippen LogP contribution in [0.4, 0.5) is 17.6 Å². The second-order valence-electron chi connectivity index (χ2n) is 8.48. The van der Waals surface area contributed by atoms with Crippen molar-refractivity contribution in [3.8, 4) is 0 Å². The highest BCUT2D eigenvalue weighted by atomic mass is 32.1. The Morgan fingerprint density at radius 2 is 1.80 bits per heavy atom. The van der Waals surface area contributed by atoms with E-state index in [1.807, 2.05) is 0 Å². The van der Waals surface area contributed by atoms with Gasteiger partial charge >= 0.3 is 0 Å². The lowest BCUT2D eigenvalue weighted by Gasteiger charge is -2.35. The van der Waals surface area contributed by atoms with Crippen molar-refractivity contribution in [2.45, 2.75) is 45.1 Å². The van der Waals surface area contributed by atoms with E-state index in [-0.39, 0.29) is 0 Å². The van der Waals surface area contributed by atoms with Crippen molar-refractivity contribution in [3.63, 3.8) is 0 Å². The molecule has 166 valence electrons. The lowest BCUT2D eigenvalue weighted by Crippen LogP contribution is -2.42. The number of rotatable bonds is 6. The number of nitrogens with zero attached hydrogens (tertiary/aromatic N) is 5. The minimum atomic E-state index is 0.506. The first-order valence-electron chi connectivity index (χ1n) is 11.4. The van der Waals surface area contributed by atoms with Crippen LogP contribution >= 0.6 is 12.2 Å². The summed E-state index contributed by atoms with van der Waals surface area (Å²) in [6, 6.07) is 2.67. The molecule has 3 aliphatic heterocycles. The van der Waals surface area contributed by atoms with Gasteiger partial charge in [-0.05, 0) is 51.2 Å². The first-order valence-corrected chi connectivity index (χ1v) is 11.9. The maximum Gasteiger partial charge on any atom is 0.232 e. The van der Waals surface area contributed by atoms with Crippen LogP contribution in [0.25, 0.3) is 0 Å². The standard InChI is InChI=1S/C21H35N7OS/c1-17-6-2-3-10-28(17)19-16-18(27-8-4-5-9-27)23-20(24-19)25-21(30)22-7-11-26-12-14-29-15-13-26/h16-17H,2-15H2,1H3,(H2,22,23,24,25,30)/t17-/m0/s1. The predicted molar refractivity (Wildman–Crippen MR) is 126 cm³/mol. The Balaban J connectivity index is 1.40. The number of hydrogen-bond acceptors (Lipinski definition) is 7. The van der Waals surface area contributed by atoms with E-state index in [4.69, 9.17) is 26.9 Å². The molecular weight excluding hydrogens is 398 g/mol. The van der Waals surface area contributed by atoms with Crippen LogP contribution in [0, 0.1) is 0 Å². The van der Waals surface area contributed by atoms with Crippen LogP contribution in [-0.2, 0) is 4.74 Å². The normalized spacial score (nSPS) is 22.9. The Bertz CT molecular complexity index is 707. The molecule has 3 fully saturated rings. The van der Waals surface area contributed by atoms with Crippen LogP contribution in [0.5, 0.6) is 0 Å². The van der Waals surface area contributed by atoms with Crippen LogP contribution in [0.1, 0.15) is 39.0 Å². The highest BCUT2D eigenvalue weighted by Crippen LogP contribution is 2.28. The van der Waals surface area contributed by atoms with Gasteiger partial charge in [-0.2, -0.15) is 9.97 Å². The topological polar surface area (TPSA) is 68.8 Å². The summed E-state index contributed by atoms with van der Waals surface area (Å²) in [5.74, 6) is 2.61. The Hall–Kier alpha value is -1.71. The van der Waals surface area contributed by atoms with Crippen molar-refractivity contribution in [1.82, 2.24) is 20.2 Å². The van der Waals surface area contributed by atoms with E-state index in [1.54, 1.807) is 0 Å². The molecular formula is C21H35N7OS. The average molecular weight is 434 g/mol. The maximum absolute atomic E-state index is 5.53. The third-order valence-corrected chi connectivity index (χ3v) is 6.52. The van der Waals surface area contributed by atoms with Gasteiger partial charge in [-0.3, -0.25) is 4.90 Å². The average Bonchev–Trinajstić information content (AvgIpc) is 3.30. The number of piperidine rings is 1. The van der Waals surface area contributed by atoms with E-state index in [0.29, 0.717) is 17.1 Å². The molecule has 0 bridgehead atoms. The van der Waals surface area contributed by atoms with Gasteiger partial charge in [0, 0.05) is 57.9 Å². The molecule has 0 aliphatic carbocycles. The fraction of sp³-hybridized carbons (Fsp3) is 0.762. The molecule has 9 heteroatoms. The Kier molecular flexibility index (Phi) is 7.57. The number of aromatic nitrogens is 2. The van der Waals surface area contributed by atoms with Crippen molar-refractivity contribution >= 4 is 34.9 Å². The van der Waals surface area contributed by atoms with Crippen LogP contribution in [0.3, 0.4) is 0 Å². The van der Waals surface area contributed by atoms with E-state index in [1.165, 1.54) is 32.1 Å². The molecule has 0 radical (unpaired) electrons. The minimum absolute atomic E-state index is 0.506. The fourth-order valence-electron chi connectivity index (χ4n) is 4.47. The van der Waals surface area contributed by atoms with Crippen molar-refractivity contribution in [2.24, 2.45) is 0 Å². The number of ether oxygens (including phenoxy) is 1. The Morgan fingerprint density at radius 1 is 1.07 bits per heavy atom. The van der Waals surface area contributed by atoms with Crippen LogP contribution < -0.4 is 20.4 Å². The molecule has 2 N–H and O–H groups in total. The molecule has 3 aliphatic rings. The van der Waals surface area contributed by atoms with E-state index in [9.17, 15) is 0 Å². The summed E-state index contributed by atoms with van der Waals surface area (Å²) < 4.78 is 5.40. The molecule has 8 nitrogen and oxygen atoms in total. The van der Waals surface area contributed by atoms with Gasteiger partial charge in [0.05, 0.1) is 13.2 Å². The number of thiocarbonyl (C=S) groups is 1. The molecule has 0 saturated carbocycles. The zero-order valence-electron chi connectivity index (χ0n) is 18.1. The zero-order chi connectivity index (χ0) is 20.8. The van der Waals surface area contributed by atoms with Crippen molar-refractivity contribution < 1.29 is 4.74 Å². The molecule has 30 heavy (non-hydrogen) atoms. The fourth-order valence-corrected chi connectivity index (χ4v) is 4.66. The van der Waals surface area contributed by atoms with Gasteiger partial charge in [0.2, 0.25) is 5.95 Å². The number of morpholine rings is 1. The Morgan fingerprint density at radius 3 is 2.57 bits per heavy atom. The third-order valence-electron chi connectivity index (χ3n) is 6.27. The summed E-state index contributed by atoms with van der Waals surface area (Å²) in [6.07, 6.45) is 6.18. The second kappa shape index (κ2) is 10.5. The predicted octanol–water partition coefficient (Wildman–Crippen LogP) is 2.07. The van der Waals surface area contributed by atoms with Gasteiger partial charge in [-0.1, -0.05) is 0 Å². The molecule has 4 rings (SSSR count). The summed E-state index contributed by atoms with van der Waals surface area (Å²) in [4.78, 5) is 16.8. The number of hydrogen-bond donors (Lipinski definition) is 2. The summed E-state index contributed by atoms with van der Waals surface area (Å²) >= 11 is 5.53. The van der Waals surface area contributed by atoms with Gasteiger partial charge in [-0.25, -0.2) is 0 Å². The van der Waals surface area contributed by atoms with Crippen molar-refractivity contribution in [2.75, 3.05) is 74.1 Å². The molecule has 1 aromatic heterocycles. The first-order chi connectivity index (χ1) is 14.7. The van der Waals surface area contributed by atoms with Crippen LogP contribution in [0.2, 0.25) is 0 Å². The molecule has 0 aromatic carbocycles. The number of anilines is 3. The highest BCUT2D eigenvalue weighted by Gasteiger charge is 2.23. The Labute approximate surface area is 185 Å². The lowest BCUT2D eigenvalue weighted by atomic mass is 10.0. The molecule has 0 spiro atoms. The van der Waals surface area contributed by atoms with E-state index < -0.39 is 0 Å². The second-order valence-corrected chi connectivity index (χ2v) is 8.88.